The Morgan fingerprint density at radius 1 is 1.23 bits per heavy atom. The highest BCUT2D eigenvalue weighted by atomic mass is 32.2. The van der Waals surface area contributed by atoms with E-state index in [1.165, 1.54) is 11.1 Å². The number of imide groups is 1. The Kier molecular flexibility index (Phi) is 5.98. The number of nitrogens with zero attached hydrogens (tertiary/aromatic N) is 2. The van der Waals surface area contributed by atoms with Gasteiger partial charge in [-0.05, 0) is 36.4 Å². The van der Waals surface area contributed by atoms with Crippen LogP contribution in [0.15, 0.2) is 41.4 Å². The van der Waals surface area contributed by atoms with Gasteiger partial charge in [0.25, 0.3) is 11.1 Å². The fourth-order valence-electron chi connectivity index (χ4n) is 2.41. The Balaban J connectivity index is 1.47. The van der Waals surface area contributed by atoms with Gasteiger partial charge in [-0.15, -0.1) is 0 Å². The Hall–Kier alpha value is -2.71. The van der Waals surface area contributed by atoms with Crippen molar-refractivity contribution in [1.29, 1.82) is 0 Å². The molecule has 1 aliphatic rings. The predicted octanol–water partition coefficient (Wildman–Crippen LogP) is 2.31. The maximum absolute atomic E-state index is 11.6. The second-order valence-electron chi connectivity index (χ2n) is 5.75. The molecule has 1 aliphatic heterocycles. The van der Waals surface area contributed by atoms with Crippen LogP contribution < -0.4 is 16.0 Å². The summed E-state index contributed by atoms with van der Waals surface area (Å²) in [7, 11) is 0. The SMILES string of the molecule is Cc1cccc(CNCCNc2nccc(/C=C3\SC(=O)NC3=O)n2)c1. The van der Waals surface area contributed by atoms with E-state index in [9.17, 15) is 9.59 Å². The van der Waals surface area contributed by atoms with E-state index >= 15 is 0 Å². The maximum atomic E-state index is 11.6. The summed E-state index contributed by atoms with van der Waals surface area (Å²) in [4.78, 5) is 31.6. The van der Waals surface area contributed by atoms with E-state index in [1.54, 1.807) is 18.3 Å². The lowest BCUT2D eigenvalue weighted by Crippen LogP contribution is -2.22. The summed E-state index contributed by atoms with van der Waals surface area (Å²) in [5, 5.41) is 8.35. The van der Waals surface area contributed by atoms with Crippen LogP contribution >= 0.6 is 11.8 Å². The molecule has 0 atom stereocenters. The van der Waals surface area contributed by atoms with Crippen LogP contribution in [0.25, 0.3) is 6.08 Å². The first kappa shape index (κ1) is 18.1. The summed E-state index contributed by atoms with van der Waals surface area (Å²) >= 11 is 0.868. The second-order valence-corrected chi connectivity index (χ2v) is 6.76. The van der Waals surface area contributed by atoms with Gasteiger partial charge in [0.05, 0.1) is 10.6 Å². The lowest BCUT2D eigenvalue weighted by molar-refractivity contribution is -0.115. The van der Waals surface area contributed by atoms with Crippen molar-refractivity contribution in [2.45, 2.75) is 13.5 Å². The third kappa shape index (κ3) is 5.14. The number of carbonyl (C=O) groups is 2. The first-order chi connectivity index (χ1) is 12.6. The molecule has 3 N–H and O–H groups in total. The molecule has 1 saturated heterocycles. The zero-order valence-electron chi connectivity index (χ0n) is 14.3. The Bertz CT molecular complexity index is 853. The minimum Gasteiger partial charge on any atom is -0.353 e. The molecule has 2 amide bonds. The van der Waals surface area contributed by atoms with Crippen molar-refractivity contribution in [3.8, 4) is 0 Å². The number of rotatable bonds is 7. The van der Waals surface area contributed by atoms with Crippen LogP contribution in [0.3, 0.4) is 0 Å². The van der Waals surface area contributed by atoms with Gasteiger partial charge in [-0.25, -0.2) is 9.97 Å². The van der Waals surface area contributed by atoms with Crippen molar-refractivity contribution in [3.63, 3.8) is 0 Å². The van der Waals surface area contributed by atoms with Crippen molar-refractivity contribution in [3.05, 3.63) is 58.3 Å². The fraction of sp³-hybridized carbons (Fsp3) is 0.222. The Morgan fingerprint density at radius 2 is 2.12 bits per heavy atom. The minimum absolute atomic E-state index is 0.333. The smallest absolute Gasteiger partial charge is 0.290 e. The molecule has 3 rings (SSSR count). The first-order valence-corrected chi connectivity index (χ1v) is 9.00. The second kappa shape index (κ2) is 8.59. The summed E-state index contributed by atoms with van der Waals surface area (Å²) in [6.45, 7) is 4.31. The van der Waals surface area contributed by atoms with Crippen LogP contribution in [0, 0.1) is 6.92 Å². The molecule has 2 aromatic rings. The molecule has 1 aromatic heterocycles. The molecule has 26 heavy (non-hydrogen) atoms. The van der Waals surface area contributed by atoms with E-state index in [0.717, 1.165) is 24.9 Å². The van der Waals surface area contributed by atoms with E-state index < -0.39 is 5.91 Å². The summed E-state index contributed by atoms with van der Waals surface area (Å²) in [5.41, 5.74) is 3.07. The molecule has 2 heterocycles. The Morgan fingerprint density at radius 3 is 2.88 bits per heavy atom. The quantitative estimate of drug-likeness (QED) is 0.509. The van der Waals surface area contributed by atoms with Crippen molar-refractivity contribution in [2.75, 3.05) is 18.4 Å². The normalized spacial score (nSPS) is 15.3. The molecule has 0 spiro atoms. The molecule has 7 nitrogen and oxygen atoms in total. The van der Waals surface area contributed by atoms with Gasteiger partial charge >= 0.3 is 0 Å². The van der Waals surface area contributed by atoms with Gasteiger partial charge in [-0.1, -0.05) is 29.8 Å². The largest absolute Gasteiger partial charge is 0.353 e. The highest BCUT2D eigenvalue weighted by molar-refractivity contribution is 8.18. The van der Waals surface area contributed by atoms with E-state index in [0.29, 0.717) is 23.1 Å². The standard InChI is InChI=1S/C18H19N5O2S/c1-12-3-2-4-13(9-12)11-19-7-8-21-17-20-6-5-14(22-17)10-15-16(24)23-18(25)26-15/h2-6,9-10,19H,7-8,11H2,1H3,(H,20,21,22)(H,23,24,25)/b15-10-. The summed E-state index contributed by atoms with van der Waals surface area (Å²) in [5.74, 6) is 0.0832. The van der Waals surface area contributed by atoms with Crippen molar-refractivity contribution in [1.82, 2.24) is 20.6 Å². The number of aromatic nitrogens is 2. The zero-order chi connectivity index (χ0) is 18.4. The highest BCUT2D eigenvalue weighted by Gasteiger charge is 2.25. The lowest BCUT2D eigenvalue weighted by atomic mass is 10.1. The predicted molar refractivity (Wildman–Crippen MR) is 103 cm³/mol. The first-order valence-electron chi connectivity index (χ1n) is 8.18. The number of anilines is 1. The third-order valence-electron chi connectivity index (χ3n) is 3.59. The van der Waals surface area contributed by atoms with Crippen molar-refractivity contribution in [2.24, 2.45) is 0 Å². The van der Waals surface area contributed by atoms with Gasteiger partial charge in [0.1, 0.15) is 0 Å². The average Bonchev–Trinajstić information content (AvgIpc) is 2.92. The number of carbonyl (C=O) groups excluding carboxylic acids is 2. The van der Waals surface area contributed by atoms with Crippen molar-refractivity contribution < 1.29 is 9.59 Å². The Labute approximate surface area is 155 Å². The molecule has 8 heteroatoms. The minimum atomic E-state index is -0.395. The van der Waals surface area contributed by atoms with Gasteiger partial charge in [-0.3, -0.25) is 14.9 Å². The van der Waals surface area contributed by atoms with Gasteiger partial charge in [-0.2, -0.15) is 0 Å². The molecule has 0 unspecified atom stereocenters. The van der Waals surface area contributed by atoms with Crippen LogP contribution in [0.5, 0.6) is 0 Å². The molecule has 1 aromatic carbocycles. The fourth-order valence-corrected chi connectivity index (χ4v) is 3.08. The number of nitrogens with one attached hydrogen (secondary N) is 3. The van der Waals surface area contributed by atoms with Crippen molar-refractivity contribution >= 4 is 34.9 Å². The molecular weight excluding hydrogens is 350 g/mol. The summed E-state index contributed by atoms with van der Waals surface area (Å²) in [6.07, 6.45) is 3.19. The molecule has 0 aliphatic carbocycles. The van der Waals surface area contributed by atoms with Gasteiger partial charge in [0, 0.05) is 25.8 Å². The van der Waals surface area contributed by atoms with Crippen LogP contribution in [-0.4, -0.2) is 34.2 Å². The average molecular weight is 369 g/mol. The molecule has 0 saturated carbocycles. The van der Waals surface area contributed by atoms with Crippen LogP contribution in [0.1, 0.15) is 16.8 Å². The number of hydrogen-bond acceptors (Lipinski definition) is 7. The number of amides is 2. The monoisotopic (exact) mass is 369 g/mol. The lowest BCUT2D eigenvalue weighted by Gasteiger charge is -2.07. The summed E-state index contributed by atoms with van der Waals surface area (Å²) in [6, 6.07) is 10.1. The number of hydrogen-bond donors (Lipinski definition) is 3. The van der Waals surface area contributed by atoms with E-state index in [4.69, 9.17) is 0 Å². The van der Waals surface area contributed by atoms with E-state index in [1.807, 2.05) is 0 Å². The molecule has 134 valence electrons. The van der Waals surface area contributed by atoms with Crippen LogP contribution in [0.2, 0.25) is 0 Å². The van der Waals surface area contributed by atoms with E-state index in [-0.39, 0.29) is 5.24 Å². The van der Waals surface area contributed by atoms with Gasteiger partial charge in [0.15, 0.2) is 0 Å². The van der Waals surface area contributed by atoms with Crippen LogP contribution in [0.4, 0.5) is 10.7 Å². The third-order valence-corrected chi connectivity index (χ3v) is 4.41. The molecule has 0 bridgehead atoms. The summed E-state index contributed by atoms with van der Waals surface area (Å²) < 4.78 is 0. The highest BCUT2D eigenvalue weighted by Crippen LogP contribution is 2.24. The molecule has 0 radical (unpaired) electrons. The topological polar surface area (TPSA) is 96.0 Å². The number of thioether (sulfide) groups is 1. The number of aryl methyl sites for hydroxylation is 1. The van der Waals surface area contributed by atoms with E-state index in [2.05, 4.69) is 57.1 Å². The number of benzene rings is 1. The zero-order valence-corrected chi connectivity index (χ0v) is 15.1. The molecular formula is C18H19N5O2S. The molecule has 1 fully saturated rings. The maximum Gasteiger partial charge on any atom is 0.290 e. The van der Waals surface area contributed by atoms with Gasteiger partial charge in [0.2, 0.25) is 5.95 Å². The van der Waals surface area contributed by atoms with Crippen LogP contribution in [-0.2, 0) is 11.3 Å². The van der Waals surface area contributed by atoms with Gasteiger partial charge < -0.3 is 10.6 Å².